The number of aromatic carboxylic acids is 1. The van der Waals surface area contributed by atoms with Crippen molar-refractivity contribution in [2.24, 2.45) is 0 Å². The van der Waals surface area contributed by atoms with Gasteiger partial charge in [-0.3, -0.25) is 4.79 Å². The molecule has 0 saturated carbocycles. The second-order valence-corrected chi connectivity index (χ2v) is 4.97. The predicted octanol–water partition coefficient (Wildman–Crippen LogP) is 3.34. The van der Waals surface area contributed by atoms with Crippen LogP contribution in [0.15, 0.2) is 36.5 Å². The van der Waals surface area contributed by atoms with E-state index < -0.39 is 17.3 Å². The first-order chi connectivity index (χ1) is 12.5. The molecule has 26 heavy (non-hydrogen) atoms. The Balaban J connectivity index is 0.00000163. The molecule has 0 bridgehead atoms. The van der Waals surface area contributed by atoms with E-state index in [0.717, 1.165) is 17.2 Å². The van der Waals surface area contributed by atoms with Gasteiger partial charge in [0, 0.05) is 18.3 Å². The number of nitrogens with zero attached hydrogens (tertiary/aromatic N) is 1. The lowest BCUT2D eigenvalue weighted by molar-refractivity contribution is -0.109. The molecule has 0 atom stereocenters. The number of rotatable bonds is 6. The van der Waals surface area contributed by atoms with Crippen molar-refractivity contribution in [2.75, 3.05) is 12.3 Å². The van der Waals surface area contributed by atoms with Crippen molar-refractivity contribution in [1.29, 1.82) is 0 Å². The van der Waals surface area contributed by atoms with E-state index in [1.807, 2.05) is 26.8 Å². The highest BCUT2D eigenvalue weighted by Crippen LogP contribution is 2.29. The molecule has 0 aliphatic heterocycles. The second-order valence-electron chi connectivity index (χ2n) is 4.97. The highest BCUT2D eigenvalue weighted by atomic mass is 19.1. The minimum absolute atomic E-state index is 0.194. The Morgan fingerprint density at radius 3 is 2.58 bits per heavy atom. The molecule has 2 rings (SSSR count). The van der Waals surface area contributed by atoms with Crippen LogP contribution in [0.5, 0.6) is 0 Å². The molecule has 6 nitrogen and oxygen atoms in total. The molecule has 0 saturated heterocycles. The number of halogens is 1. The molecule has 1 heterocycles. The first-order valence-electron chi connectivity index (χ1n) is 8.09. The number of benzene rings is 1. The van der Waals surface area contributed by atoms with Gasteiger partial charge >= 0.3 is 5.97 Å². The predicted molar refractivity (Wildman–Crippen MR) is 100 cm³/mol. The van der Waals surface area contributed by atoms with Gasteiger partial charge in [0.25, 0.3) is 0 Å². The molecule has 0 fully saturated rings. The van der Waals surface area contributed by atoms with Crippen LogP contribution >= 0.6 is 0 Å². The smallest absolute Gasteiger partial charge is 0.338 e. The van der Waals surface area contributed by atoms with Crippen LogP contribution in [0.1, 0.15) is 36.7 Å². The number of pyridine rings is 1. The van der Waals surface area contributed by atoms with E-state index in [1.165, 1.54) is 12.1 Å². The first-order valence-corrected chi connectivity index (χ1v) is 8.09. The molecular weight excluding hydrogens is 337 g/mol. The van der Waals surface area contributed by atoms with E-state index >= 15 is 0 Å². The van der Waals surface area contributed by atoms with Crippen LogP contribution in [0.4, 0.5) is 10.2 Å². The summed E-state index contributed by atoms with van der Waals surface area (Å²) in [5.74, 6) is -1.99. The van der Waals surface area contributed by atoms with Crippen molar-refractivity contribution >= 4 is 23.8 Å². The molecule has 0 aliphatic carbocycles. The maximum atomic E-state index is 13.9. The molecule has 0 radical (unpaired) electrons. The zero-order valence-corrected chi connectivity index (χ0v) is 14.9. The van der Waals surface area contributed by atoms with Gasteiger partial charge in [-0.15, -0.1) is 0 Å². The Kier molecular flexibility index (Phi) is 7.95. The van der Waals surface area contributed by atoms with Crippen LogP contribution in [0.2, 0.25) is 0 Å². The van der Waals surface area contributed by atoms with E-state index in [1.54, 1.807) is 12.3 Å². The first kappa shape index (κ1) is 20.8. The average molecular weight is 359 g/mol. The highest BCUT2D eigenvalue weighted by molar-refractivity contribution is 5.89. The molecule has 0 unspecified atom stereocenters. The fourth-order valence-electron chi connectivity index (χ4n) is 2.26. The topological polar surface area (TPSA) is 105 Å². The zero-order valence-electron chi connectivity index (χ0n) is 14.9. The Morgan fingerprint density at radius 1 is 1.35 bits per heavy atom. The number of nitrogens with two attached hydrogens (primary N) is 1. The van der Waals surface area contributed by atoms with E-state index in [4.69, 9.17) is 10.8 Å². The van der Waals surface area contributed by atoms with Gasteiger partial charge in [0.2, 0.25) is 6.41 Å². The van der Waals surface area contributed by atoms with E-state index in [0.29, 0.717) is 24.1 Å². The van der Waals surface area contributed by atoms with Crippen LogP contribution in [0.25, 0.3) is 16.7 Å². The van der Waals surface area contributed by atoms with Gasteiger partial charge < -0.3 is 16.2 Å². The summed E-state index contributed by atoms with van der Waals surface area (Å²) < 4.78 is 13.9. The SMILES string of the molecule is C/C=C(\CNC=O)c1cnc(N)c(-c2ccc(C(=O)O)c(F)c2)c1.CC. The minimum atomic E-state index is -1.34. The number of aromatic nitrogens is 1. The lowest BCUT2D eigenvalue weighted by Gasteiger charge is -2.11. The second kappa shape index (κ2) is 9.93. The Labute approximate surface area is 151 Å². The number of anilines is 1. The van der Waals surface area contributed by atoms with Crippen LogP contribution < -0.4 is 11.1 Å². The van der Waals surface area contributed by atoms with Crippen LogP contribution in [0, 0.1) is 5.82 Å². The molecule has 1 aromatic heterocycles. The summed E-state index contributed by atoms with van der Waals surface area (Å²) in [6.45, 7) is 6.14. The number of carboxylic acids is 1. The largest absolute Gasteiger partial charge is 0.478 e. The van der Waals surface area contributed by atoms with Gasteiger partial charge in [-0.25, -0.2) is 14.2 Å². The summed E-state index contributed by atoms with van der Waals surface area (Å²) in [5, 5.41) is 11.5. The van der Waals surface area contributed by atoms with Crippen LogP contribution in [-0.4, -0.2) is 29.0 Å². The Morgan fingerprint density at radius 2 is 2.04 bits per heavy atom. The van der Waals surface area contributed by atoms with Gasteiger partial charge in [0.1, 0.15) is 11.6 Å². The van der Waals surface area contributed by atoms with Crippen LogP contribution in [0.3, 0.4) is 0 Å². The number of allylic oxidation sites excluding steroid dienone is 1. The lowest BCUT2D eigenvalue weighted by Crippen LogP contribution is -2.14. The monoisotopic (exact) mass is 359 g/mol. The van der Waals surface area contributed by atoms with Crippen molar-refractivity contribution < 1.29 is 19.1 Å². The summed E-state index contributed by atoms with van der Waals surface area (Å²) in [6, 6.07) is 5.49. The van der Waals surface area contributed by atoms with Crippen LogP contribution in [-0.2, 0) is 4.79 Å². The molecular formula is C19H22FN3O3. The third-order valence-electron chi connectivity index (χ3n) is 3.52. The van der Waals surface area contributed by atoms with Gasteiger partial charge in [0.15, 0.2) is 0 Å². The summed E-state index contributed by atoms with van der Waals surface area (Å²) in [7, 11) is 0. The fraction of sp³-hybridized carbons (Fsp3) is 0.211. The van der Waals surface area contributed by atoms with Gasteiger partial charge in [0.05, 0.1) is 5.56 Å². The Bertz CT molecular complexity index is 820. The summed E-state index contributed by atoms with van der Waals surface area (Å²) in [5.41, 5.74) is 7.90. The number of carboxylic acid groups (broad SMARTS) is 1. The van der Waals surface area contributed by atoms with Crippen molar-refractivity contribution in [3.8, 4) is 11.1 Å². The molecule has 2 aromatic rings. The maximum Gasteiger partial charge on any atom is 0.338 e. The molecule has 1 aromatic carbocycles. The van der Waals surface area contributed by atoms with Gasteiger partial charge in [-0.05, 0) is 41.8 Å². The minimum Gasteiger partial charge on any atom is -0.478 e. The zero-order chi connectivity index (χ0) is 19.7. The molecule has 7 heteroatoms. The highest BCUT2D eigenvalue weighted by Gasteiger charge is 2.14. The van der Waals surface area contributed by atoms with Crippen molar-refractivity contribution in [1.82, 2.24) is 10.3 Å². The summed E-state index contributed by atoms with van der Waals surface area (Å²) in [6.07, 6.45) is 3.97. The van der Waals surface area contributed by atoms with E-state index in [9.17, 15) is 14.0 Å². The Hall–Kier alpha value is -3.22. The lowest BCUT2D eigenvalue weighted by atomic mass is 9.99. The number of hydrogen-bond acceptors (Lipinski definition) is 4. The fourth-order valence-corrected chi connectivity index (χ4v) is 2.26. The van der Waals surface area contributed by atoms with Gasteiger partial charge in [-0.2, -0.15) is 0 Å². The number of nitrogen functional groups attached to an aromatic ring is 1. The quantitative estimate of drug-likeness (QED) is 0.686. The normalized spacial score (nSPS) is 10.5. The molecule has 0 aliphatic rings. The third kappa shape index (κ3) is 4.89. The summed E-state index contributed by atoms with van der Waals surface area (Å²) in [4.78, 5) is 25.5. The van der Waals surface area contributed by atoms with Crippen molar-refractivity contribution in [3.05, 3.63) is 53.5 Å². The molecule has 138 valence electrons. The third-order valence-corrected chi connectivity index (χ3v) is 3.52. The summed E-state index contributed by atoms with van der Waals surface area (Å²) >= 11 is 0. The van der Waals surface area contributed by atoms with E-state index in [2.05, 4.69) is 10.3 Å². The van der Waals surface area contributed by atoms with Crippen molar-refractivity contribution in [3.63, 3.8) is 0 Å². The number of carbonyl (C=O) groups excluding carboxylic acids is 1. The number of amides is 1. The number of hydrogen-bond donors (Lipinski definition) is 3. The van der Waals surface area contributed by atoms with Gasteiger partial charge in [-0.1, -0.05) is 26.0 Å². The average Bonchev–Trinajstić information content (AvgIpc) is 2.64. The maximum absolute atomic E-state index is 13.9. The standard InChI is InChI=1S/C17H16FN3O3.C2H6/c1-2-10(7-20-9-22)12-5-14(16(19)21-8-12)11-3-4-13(17(23)24)15(18)6-11;1-2/h2-6,8-9H,7H2,1H3,(H2,19,21)(H,20,22)(H,23,24);1-2H3/b10-2+;. The molecule has 4 N–H and O–H groups in total. The molecule has 0 spiro atoms. The number of carbonyl (C=O) groups is 2. The molecule has 1 amide bonds. The van der Waals surface area contributed by atoms with Crippen molar-refractivity contribution in [2.45, 2.75) is 20.8 Å². The number of nitrogens with one attached hydrogen (secondary N) is 1. The van der Waals surface area contributed by atoms with E-state index in [-0.39, 0.29) is 5.82 Å².